The Morgan fingerprint density at radius 3 is 2.72 bits per heavy atom. The molecule has 0 bridgehead atoms. The normalized spacial score (nSPS) is 12.4. The Hall–Kier alpha value is -1.65. The number of nitrogens with one attached hydrogen (secondary N) is 1. The van der Waals surface area contributed by atoms with E-state index in [9.17, 15) is 4.79 Å². The standard InChI is InChI=1S/C13H21N3O2/c1-4-5-10-7-12(15-8-14-10)16-11(13(17)18)6-9(2)3/h7-9,11H,4-6H2,1-3H3,(H,17,18)(H,14,15,16). The van der Waals surface area contributed by atoms with E-state index < -0.39 is 12.0 Å². The molecule has 2 N–H and O–H groups in total. The Morgan fingerprint density at radius 2 is 2.17 bits per heavy atom. The summed E-state index contributed by atoms with van der Waals surface area (Å²) in [5, 5.41) is 12.1. The average Bonchev–Trinajstić information content (AvgIpc) is 2.28. The zero-order valence-electron chi connectivity index (χ0n) is 11.2. The van der Waals surface area contributed by atoms with Crippen molar-refractivity contribution in [3.8, 4) is 0 Å². The number of aliphatic carboxylic acids is 1. The molecule has 0 aliphatic rings. The van der Waals surface area contributed by atoms with E-state index in [4.69, 9.17) is 5.11 Å². The third-order valence-electron chi connectivity index (χ3n) is 2.56. The van der Waals surface area contributed by atoms with Crippen molar-refractivity contribution in [2.24, 2.45) is 5.92 Å². The van der Waals surface area contributed by atoms with Crippen molar-refractivity contribution in [2.45, 2.75) is 46.1 Å². The van der Waals surface area contributed by atoms with Gasteiger partial charge in [0, 0.05) is 11.8 Å². The summed E-state index contributed by atoms with van der Waals surface area (Å²) in [6.07, 6.45) is 3.92. The largest absolute Gasteiger partial charge is 0.480 e. The molecule has 0 saturated heterocycles. The van der Waals surface area contributed by atoms with Gasteiger partial charge in [-0.3, -0.25) is 0 Å². The predicted octanol–water partition coefficient (Wildman–Crippen LogP) is 2.34. The van der Waals surface area contributed by atoms with Crippen molar-refractivity contribution in [1.82, 2.24) is 9.97 Å². The van der Waals surface area contributed by atoms with Crippen molar-refractivity contribution in [2.75, 3.05) is 5.32 Å². The highest BCUT2D eigenvalue weighted by atomic mass is 16.4. The number of carboxylic acids is 1. The van der Waals surface area contributed by atoms with Crippen LogP contribution in [0.2, 0.25) is 0 Å². The van der Waals surface area contributed by atoms with Gasteiger partial charge in [0.15, 0.2) is 0 Å². The fourth-order valence-corrected chi connectivity index (χ4v) is 1.74. The zero-order valence-corrected chi connectivity index (χ0v) is 11.2. The molecule has 1 heterocycles. The topological polar surface area (TPSA) is 75.1 Å². The van der Waals surface area contributed by atoms with Crippen molar-refractivity contribution < 1.29 is 9.90 Å². The summed E-state index contributed by atoms with van der Waals surface area (Å²) in [5.41, 5.74) is 0.934. The van der Waals surface area contributed by atoms with Gasteiger partial charge in [-0.2, -0.15) is 0 Å². The summed E-state index contributed by atoms with van der Waals surface area (Å²) in [4.78, 5) is 19.4. The monoisotopic (exact) mass is 251 g/mol. The van der Waals surface area contributed by atoms with Gasteiger partial charge in [-0.15, -0.1) is 0 Å². The number of carboxylic acid groups (broad SMARTS) is 1. The molecule has 0 amide bonds. The number of carbonyl (C=O) groups is 1. The first-order valence-corrected chi connectivity index (χ1v) is 6.33. The molecular weight excluding hydrogens is 230 g/mol. The second-order valence-electron chi connectivity index (χ2n) is 4.81. The van der Waals surface area contributed by atoms with Gasteiger partial charge >= 0.3 is 5.97 Å². The smallest absolute Gasteiger partial charge is 0.326 e. The van der Waals surface area contributed by atoms with Crippen LogP contribution in [0, 0.1) is 5.92 Å². The fraction of sp³-hybridized carbons (Fsp3) is 0.615. The number of anilines is 1. The molecule has 0 aromatic carbocycles. The first-order valence-electron chi connectivity index (χ1n) is 6.33. The Morgan fingerprint density at radius 1 is 1.44 bits per heavy atom. The molecule has 1 atom stereocenters. The van der Waals surface area contributed by atoms with Gasteiger partial charge in [-0.05, 0) is 18.8 Å². The Balaban J connectivity index is 2.73. The molecule has 1 aromatic rings. The third-order valence-corrected chi connectivity index (χ3v) is 2.56. The molecule has 1 unspecified atom stereocenters. The summed E-state index contributed by atoms with van der Waals surface area (Å²) in [5.74, 6) is 0.0522. The molecule has 1 aromatic heterocycles. The lowest BCUT2D eigenvalue weighted by Crippen LogP contribution is -2.31. The fourth-order valence-electron chi connectivity index (χ4n) is 1.74. The lowest BCUT2D eigenvalue weighted by Gasteiger charge is -2.17. The molecule has 18 heavy (non-hydrogen) atoms. The van der Waals surface area contributed by atoms with Gasteiger partial charge in [0.25, 0.3) is 0 Å². The van der Waals surface area contributed by atoms with Crippen LogP contribution in [0.4, 0.5) is 5.82 Å². The van der Waals surface area contributed by atoms with Crippen molar-refractivity contribution in [1.29, 1.82) is 0 Å². The lowest BCUT2D eigenvalue weighted by atomic mass is 10.0. The van der Waals surface area contributed by atoms with E-state index in [2.05, 4.69) is 22.2 Å². The van der Waals surface area contributed by atoms with E-state index in [-0.39, 0.29) is 0 Å². The molecule has 0 fully saturated rings. The minimum atomic E-state index is -0.848. The van der Waals surface area contributed by atoms with Crippen LogP contribution >= 0.6 is 0 Å². The third kappa shape index (κ3) is 4.69. The molecule has 0 radical (unpaired) electrons. The van der Waals surface area contributed by atoms with E-state index in [1.807, 2.05) is 19.9 Å². The molecule has 0 aliphatic heterocycles. The number of hydrogen-bond acceptors (Lipinski definition) is 4. The molecular formula is C13H21N3O2. The maximum Gasteiger partial charge on any atom is 0.326 e. The van der Waals surface area contributed by atoms with Gasteiger partial charge in [0.05, 0.1) is 0 Å². The van der Waals surface area contributed by atoms with Crippen LogP contribution in [0.25, 0.3) is 0 Å². The van der Waals surface area contributed by atoms with Crippen LogP contribution in [0.15, 0.2) is 12.4 Å². The van der Waals surface area contributed by atoms with Gasteiger partial charge in [0.1, 0.15) is 18.2 Å². The van der Waals surface area contributed by atoms with E-state index in [0.717, 1.165) is 18.5 Å². The summed E-state index contributed by atoms with van der Waals surface area (Å²) in [6.45, 7) is 6.08. The Bertz CT molecular complexity index is 394. The predicted molar refractivity (Wildman–Crippen MR) is 70.5 cm³/mol. The summed E-state index contributed by atoms with van der Waals surface area (Å²) in [6, 6.07) is 1.22. The summed E-state index contributed by atoms with van der Waals surface area (Å²) in [7, 11) is 0. The van der Waals surface area contributed by atoms with Crippen LogP contribution in [0.3, 0.4) is 0 Å². The zero-order chi connectivity index (χ0) is 13.5. The first kappa shape index (κ1) is 14.4. The minimum Gasteiger partial charge on any atom is -0.480 e. The van der Waals surface area contributed by atoms with E-state index in [1.165, 1.54) is 6.33 Å². The van der Waals surface area contributed by atoms with E-state index >= 15 is 0 Å². The average molecular weight is 251 g/mol. The van der Waals surface area contributed by atoms with Crippen LogP contribution in [0.5, 0.6) is 0 Å². The summed E-state index contributed by atoms with van der Waals surface area (Å²) >= 11 is 0. The molecule has 0 saturated carbocycles. The highest BCUT2D eigenvalue weighted by Crippen LogP contribution is 2.12. The van der Waals surface area contributed by atoms with Gasteiger partial charge in [0.2, 0.25) is 0 Å². The molecule has 5 heteroatoms. The van der Waals surface area contributed by atoms with Crippen LogP contribution < -0.4 is 5.32 Å². The molecule has 5 nitrogen and oxygen atoms in total. The van der Waals surface area contributed by atoms with Gasteiger partial charge in [-0.1, -0.05) is 27.2 Å². The Kier molecular flexibility index (Phi) is 5.55. The minimum absolute atomic E-state index is 0.315. The van der Waals surface area contributed by atoms with E-state index in [0.29, 0.717) is 18.2 Å². The second kappa shape index (κ2) is 6.93. The van der Waals surface area contributed by atoms with Crippen molar-refractivity contribution in [3.63, 3.8) is 0 Å². The SMILES string of the molecule is CCCc1cc(NC(CC(C)C)C(=O)O)ncn1. The highest BCUT2D eigenvalue weighted by molar-refractivity contribution is 5.76. The quantitative estimate of drug-likeness (QED) is 0.778. The molecule has 0 aliphatic carbocycles. The van der Waals surface area contributed by atoms with Gasteiger partial charge in [-0.25, -0.2) is 14.8 Å². The summed E-state index contributed by atoms with van der Waals surface area (Å²) < 4.78 is 0. The van der Waals surface area contributed by atoms with Crippen molar-refractivity contribution in [3.05, 3.63) is 18.1 Å². The lowest BCUT2D eigenvalue weighted by molar-refractivity contribution is -0.138. The molecule has 1 rings (SSSR count). The van der Waals surface area contributed by atoms with Crippen LogP contribution in [0.1, 0.15) is 39.3 Å². The number of aryl methyl sites for hydroxylation is 1. The van der Waals surface area contributed by atoms with Crippen molar-refractivity contribution >= 4 is 11.8 Å². The maximum atomic E-state index is 11.1. The number of aromatic nitrogens is 2. The molecule has 0 spiro atoms. The maximum absolute atomic E-state index is 11.1. The van der Waals surface area contributed by atoms with Gasteiger partial charge < -0.3 is 10.4 Å². The van der Waals surface area contributed by atoms with Crippen LogP contribution in [-0.4, -0.2) is 27.1 Å². The highest BCUT2D eigenvalue weighted by Gasteiger charge is 2.19. The van der Waals surface area contributed by atoms with Crippen LogP contribution in [-0.2, 0) is 11.2 Å². The number of hydrogen-bond donors (Lipinski definition) is 2. The second-order valence-corrected chi connectivity index (χ2v) is 4.81. The number of nitrogens with zero attached hydrogens (tertiary/aromatic N) is 2. The first-order chi connectivity index (χ1) is 8.52. The number of rotatable bonds is 7. The van der Waals surface area contributed by atoms with E-state index in [1.54, 1.807) is 0 Å². The Labute approximate surface area is 108 Å². The molecule has 100 valence electrons.